The third-order valence-electron chi connectivity index (χ3n) is 3.75. The number of unbranched alkanes of at least 4 members (excludes halogenated alkanes) is 1. The van der Waals surface area contributed by atoms with E-state index in [2.05, 4.69) is 22.2 Å². The van der Waals surface area contributed by atoms with Crippen LogP contribution in [0.5, 0.6) is 0 Å². The number of benzene rings is 1. The van der Waals surface area contributed by atoms with Gasteiger partial charge in [-0.3, -0.25) is 4.79 Å². The molecule has 124 valence electrons. The summed E-state index contributed by atoms with van der Waals surface area (Å²) in [7, 11) is 0. The lowest BCUT2D eigenvalue weighted by Crippen LogP contribution is -2.28. The van der Waals surface area contributed by atoms with Gasteiger partial charge in [0.25, 0.3) is 0 Å². The number of rotatable bonds is 8. The summed E-state index contributed by atoms with van der Waals surface area (Å²) in [6.07, 6.45) is 3.30. The molecule has 0 radical (unpaired) electrons. The molecule has 0 bridgehead atoms. The Morgan fingerprint density at radius 2 is 2.09 bits per heavy atom. The molecule has 1 atom stereocenters. The Balaban J connectivity index is 1.82. The summed E-state index contributed by atoms with van der Waals surface area (Å²) < 4.78 is 0. The van der Waals surface area contributed by atoms with E-state index in [0.717, 1.165) is 41.4 Å². The molecule has 0 spiro atoms. The lowest BCUT2D eigenvalue weighted by atomic mass is 10.1. The zero-order valence-electron chi connectivity index (χ0n) is 14.1. The van der Waals surface area contributed by atoms with E-state index in [-0.39, 0.29) is 11.9 Å². The highest BCUT2D eigenvalue weighted by atomic mass is 32.2. The zero-order chi connectivity index (χ0) is 16.7. The smallest absolute Gasteiger partial charge is 0.230 e. The Labute approximate surface area is 142 Å². The van der Waals surface area contributed by atoms with Gasteiger partial charge in [0.1, 0.15) is 0 Å². The number of aromatic amines is 1. The van der Waals surface area contributed by atoms with Crippen molar-refractivity contribution in [3.8, 4) is 0 Å². The summed E-state index contributed by atoms with van der Waals surface area (Å²) in [5, 5.41) is 3.85. The number of aryl methyl sites for hydroxylation is 2. The predicted molar refractivity (Wildman–Crippen MR) is 95.7 cm³/mol. The van der Waals surface area contributed by atoms with Gasteiger partial charge in [-0.05, 0) is 32.3 Å². The van der Waals surface area contributed by atoms with Gasteiger partial charge >= 0.3 is 0 Å². The number of hydrogen-bond acceptors (Lipinski definition) is 3. The van der Waals surface area contributed by atoms with Crippen LogP contribution in [0.4, 0.5) is 0 Å². The fourth-order valence-corrected chi connectivity index (χ4v) is 3.12. The molecule has 2 aromatic rings. The van der Waals surface area contributed by atoms with Gasteiger partial charge in [0.15, 0.2) is 5.16 Å². The van der Waals surface area contributed by atoms with Gasteiger partial charge in [0.05, 0.1) is 17.5 Å². The Hall–Kier alpha value is -1.75. The lowest BCUT2D eigenvalue weighted by Gasteiger charge is -2.13. The Morgan fingerprint density at radius 3 is 2.78 bits per heavy atom. The van der Waals surface area contributed by atoms with Crippen LogP contribution >= 0.6 is 11.8 Å². The highest BCUT2D eigenvalue weighted by Gasteiger charge is 2.12. The second-order valence-corrected chi connectivity index (χ2v) is 6.67. The predicted octanol–water partition coefficient (Wildman–Crippen LogP) is 4.03. The number of aromatic nitrogens is 2. The molecule has 0 fully saturated rings. The number of hydrogen-bond donors (Lipinski definition) is 2. The van der Waals surface area contributed by atoms with Crippen molar-refractivity contribution in [1.29, 1.82) is 0 Å². The fourth-order valence-electron chi connectivity index (χ4n) is 2.37. The topological polar surface area (TPSA) is 57.8 Å². The number of thioether (sulfide) groups is 1. The molecule has 1 heterocycles. The van der Waals surface area contributed by atoms with Crippen molar-refractivity contribution in [1.82, 2.24) is 15.3 Å². The molecule has 1 aromatic carbocycles. The number of nitrogens with zero attached hydrogens (tertiary/aromatic N) is 1. The zero-order valence-corrected chi connectivity index (χ0v) is 14.9. The normalized spacial score (nSPS) is 12.1. The molecule has 0 aliphatic rings. The van der Waals surface area contributed by atoms with Crippen LogP contribution in [0.25, 0.3) is 0 Å². The van der Waals surface area contributed by atoms with Crippen molar-refractivity contribution in [3.05, 3.63) is 47.3 Å². The number of nitrogens with one attached hydrogen (secondary N) is 2. The summed E-state index contributed by atoms with van der Waals surface area (Å²) >= 11 is 1.46. The standard InChI is InChI=1S/C18H25N3OS/c1-4-5-11-16-14(3)20-18(21-16)23-12-17(22)19-13(2)15-9-7-6-8-10-15/h6-10,13H,4-5,11-12H2,1-3H3,(H,19,22)(H,20,21)/t13-/m0/s1. The molecule has 0 saturated carbocycles. The van der Waals surface area contributed by atoms with Crippen LogP contribution in [0, 0.1) is 6.92 Å². The van der Waals surface area contributed by atoms with Crippen LogP contribution in [0.2, 0.25) is 0 Å². The number of H-pyrrole nitrogens is 1. The molecular formula is C18H25N3OS. The second kappa shape index (κ2) is 8.77. The van der Waals surface area contributed by atoms with Crippen molar-refractivity contribution < 1.29 is 4.79 Å². The number of imidazole rings is 1. The van der Waals surface area contributed by atoms with Gasteiger partial charge in [-0.15, -0.1) is 0 Å². The average molecular weight is 331 g/mol. The number of carbonyl (C=O) groups is 1. The van der Waals surface area contributed by atoms with Crippen LogP contribution in [0.3, 0.4) is 0 Å². The minimum Gasteiger partial charge on any atom is -0.349 e. The van der Waals surface area contributed by atoms with Crippen molar-refractivity contribution in [2.24, 2.45) is 0 Å². The molecule has 0 unspecified atom stereocenters. The van der Waals surface area contributed by atoms with Crippen molar-refractivity contribution in [2.75, 3.05) is 5.75 Å². The number of amides is 1. The highest BCUT2D eigenvalue weighted by Crippen LogP contribution is 2.18. The summed E-state index contributed by atoms with van der Waals surface area (Å²) in [4.78, 5) is 19.9. The average Bonchev–Trinajstić information content (AvgIpc) is 2.92. The lowest BCUT2D eigenvalue weighted by molar-refractivity contribution is -0.119. The quantitative estimate of drug-likeness (QED) is 0.718. The van der Waals surface area contributed by atoms with Gasteiger partial charge in [0.2, 0.25) is 5.91 Å². The first-order valence-electron chi connectivity index (χ1n) is 8.12. The van der Waals surface area contributed by atoms with Crippen molar-refractivity contribution >= 4 is 17.7 Å². The van der Waals surface area contributed by atoms with Gasteiger partial charge in [-0.2, -0.15) is 0 Å². The molecule has 0 aliphatic heterocycles. The monoisotopic (exact) mass is 331 g/mol. The minimum absolute atomic E-state index is 0.0164. The van der Waals surface area contributed by atoms with E-state index in [1.165, 1.54) is 11.8 Å². The maximum absolute atomic E-state index is 12.1. The summed E-state index contributed by atoms with van der Waals surface area (Å²) in [5.74, 6) is 0.396. The molecule has 1 aromatic heterocycles. The molecule has 0 saturated heterocycles. The maximum Gasteiger partial charge on any atom is 0.230 e. The minimum atomic E-state index is 0.0164. The molecule has 1 amide bonds. The SMILES string of the molecule is CCCCc1nc(SCC(=O)N[C@@H](C)c2ccccc2)[nH]c1C. The van der Waals surface area contributed by atoms with Crippen molar-refractivity contribution in [2.45, 2.75) is 51.2 Å². The van der Waals surface area contributed by atoms with E-state index < -0.39 is 0 Å². The maximum atomic E-state index is 12.1. The fraction of sp³-hybridized carbons (Fsp3) is 0.444. The molecule has 5 heteroatoms. The molecular weight excluding hydrogens is 306 g/mol. The molecule has 23 heavy (non-hydrogen) atoms. The van der Waals surface area contributed by atoms with Gasteiger partial charge in [-0.1, -0.05) is 55.4 Å². The van der Waals surface area contributed by atoms with E-state index in [4.69, 9.17) is 0 Å². The molecule has 4 nitrogen and oxygen atoms in total. The van der Waals surface area contributed by atoms with Crippen LogP contribution in [0.1, 0.15) is 49.7 Å². The third-order valence-corrected chi connectivity index (χ3v) is 4.62. The molecule has 0 aliphatic carbocycles. The molecule has 2 N–H and O–H groups in total. The third kappa shape index (κ3) is 5.43. The summed E-state index contributed by atoms with van der Waals surface area (Å²) in [6.45, 7) is 6.22. The van der Waals surface area contributed by atoms with E-state index in [1.807, 2.05) is 44.2 Å². The van der Waals surface area contributed by atoms with E-state index in [9.17, 15) is 4.79 Å². The number of carbonyl (C=O) groups excluding carboxylic acids is 1. The van der Waals surface area contributed by atoms with Gasteiger partial charge in [0, 0.05) is 5.69 Å². The first kappa shape index (κ1) is 17.6. The Kier molecular flexibility index (Phi) is 6.71. The first-order chi connectivity index (χ1) is 11.1. The first-order valence-corrected chi connectivity index (χ1v) is 9.11. The molecule has 2 rings (SSSR count). The summed E-state index contributed by atoms with van der Waals surface area (Å²) in [5.41, 5.74) is 3.34. The van der Waals surface area contributed by atoms with Gasteiger partial charge < -0.3 is 10.3 Å². The second-order valence-electron chi connectivity index (χ2n) is 5.71. The van der Waals surface area contributed by atoms with E-state index in [0.29, 0.717) is 5.75 Å². The van der Waals surface area contributed by atoms with E-state index >= 15 is 0 Å². The summed E-state index contributed by atoms with van der Waals surface area (Å²) in [6, 6.07) is 10.0. The van der Waals surface area contributed by atoms with Gasteiger partial charge in [-0.25, -0.2) is 4.98 Å². The van der Waals surface area contributed by atoms with E-state index in [1.54, 1.807) is 0 Å². The Bertz CT molecular complexity index is 624. The van der Waals surface area contributed by atoms with Crippen LogP contribution in [0.15, 0.2) is 35.5 Å². The highest BCUT2D eigenvalue weighted by molar-refractivity contribution is 7.99. The van der Waals surface area contributed by atoms with Crippen LogP contribution in [-0.2, 0) is 11.2 Å². The van der Waals surface area contributed by atoms with Crippen LogP contribution in [-0.4, -0.2) is 21.6 Å². The van der Waals surface area contributed by atoms with Crippen LogP contribution < -0.4 is 5.32 Å². The Morgan fingerprint density at radius 1 is 1.35 bits per heavy atom. The van der Waals surface area contributed by atoms with Crippen molar-refractivity contribution in [3.63, 3.8) is 0 Å². The largest absolute Gasteiger partial charge is 0.349 e.